The van der Waals surface area contributed by atoms with Gasteiger partial charge in [-0.3, -0.25) is 4.79 Å². The van der Waals surface area contributed by atoms with Crippen molar-refractivity contribution in [2.24, 2.45) is 0 Å². The Balaban J connectivity index is 2.07. The van der Waals surface area contributed by atoms with Crippen molar-refractivity contribution in [2.45, 2.75) is 24.8 Å². The minimum Gasteiger partial charge on any atom is -0.331 e. The van der Waals surface area contributed by atoms with Gasteiger partial charge < -0.3 is 5.32 Å². The normalized spacial score (nSPS) is 20.2. The molecule has 20 heavy (non-hydrogen) atoms. The highest BCUT2D eigenvalue weighted by molar-refractivity contribution is 7.91. The Hall–Kier alpha value is -1.89. The molecule has 1 N–H and O–H groups in total. The maximum Gasteiger partial charge on any atom is 0.325 e. The van der Waals surface area contributed by atoms with Gasteiger partial charge in [-0.05, 0) is 12.5 Å². The largest absolute Gasteiger partial charge is 0.331 e. The summed E-state index contributed by atoms with van der Waals surface area (Å²) < 4.78 is 22.9. The van der Waals surface area contributed by atoms with Crippen molar-refractivity contribution in [3.8, 4) is 0 Å². The molecule has 1 saturated heterocycles. The van der Waals surface area contributed by atoms with Crippen molar-refractivity contribution in [2.75, 3.05) is 6.26 Å². The maximum absolute atomic E-state index is 12.0. The van der Waals surface area contributed by atoms with Crippen LogP contribution in [0.5, 0.6) is 0 Å². The molecule has 1 aromatic rings. The average Bonchev–Trinajstić information content (AvgIpc) is 2.35. The smallest absolute Gasteiger partial charge is 0.325 e. The lowest BCUT2D eigenvalue weighted by molar-refractivity contribution is -0.137. The van der Waals surface area contributed by atoms with Crippen LogP contribution >= 0.6 is 0 Å². The van der Waals surface area contributed by atoms with Gasteiger partial charge in [0.25, 0.3) is 0 Å². The minimum atomic E-state index is -3.45. The molecule has 0 aromatic heterocycles. The zero-order valence-electron chi connectivity index (χ0n) is 11.2. The molecule has 1 aliphatic rings. The summed E-state index contributed by atoms with van der Waals surface area (Å²) in [6.07, 6.45) is 0.886. The Morgan fingerprint density at radius 1 is 1.35 bits per heavy atom. The van der Waals surface area contributed by atoms with E-state index in [1.807, 2.05) is 30.3 Å². The van der Waals surface area contributed by atoms with E-state index in [0.717, 1.165) is 16.7 Å². The third-order valence-electron chi connectivity index (χ3n) is 3.26. The van der Waals surface area contributed by atoms with Crippen LogP contribution in [0.2, 0.25) is 0 Å². The van der Waals surface area contributed by atoms with Gasteiger partial charge in [-0.25, -0.2) is 18.1 Å². The van der Waals surface area contributed by atoms with Crippen LogP contribution in [0.1, 0.15) is 24.9 Å². The zero-order valence-corrected chi connectivity index (χ0v) is 12.1. The molecule has 7 heteroatoms. The molecule has 6 nitrogen and oxygen atoms in total. The van der Waals surface area contributed by atoms with Crippen LogP contribution in [0.4, 0.5) is 4.79 Å². The zero-order chi connectivity index (χ0) is 14.9. The number of nitrogens with zero attached hydrogens (tertiary/aromatic N) is 1. The van der Waals surface area contributed by atoms with E-state index in [0.29, 0.717) is 0 Å². The van der Waals surface area contributed by atoms with Crippen LogP contribution in [0.3, 0.4) is 0 Å². The fraction of sp³-hybridized carbons (Fsp3) is 0.385. The fourth-order valence-corrected chi connectivity index (χ4v) is 3.10. The summed E-state index contributed by atoms with van der Waals surface area (Å²) in [5, 5.41) is 1.59. The van der Waals surface area contributed by atoms with Crippen LogP contribution in [-0.4, -0.2) is 36.9 Å². The number of likely N-dealkylation sites (tertiary alicyclic amines) is 1. The lowest BCUT2D eigenvalue weighted by Gasteiger charge is -2.37. The van der Waals surface area contributed by atoms with E-state index in [9.17, 15) is 18.0 Å². The van der Waals surface area contributed by atoms with E-state index in [1.54, 1.807) is 6.92 Å². The van der Waals surface area contributed by atoms with E-state index < -0.39 is 27.1 Å². The van der Waals surface area contributed by atoms with E-state index in [-0.39, 0.29) is 12.5 Å². The van der Waals surface area contributed by atoms with E-state index in [1.165, 1.54) is 0 Å². The molecule has 0 bridgehead atoms. The molecule has 0 aliphatic carbocycles. The number of imide groups is 1. The van der Waals surface area contributed by atoms with Gasteiger partial charge in [-0.15, -0.1) is 0 Å². The first-order valence-electron chi connectivity index (χ1n) is 6.17. The number of urea groups is 1. The Bertz CT molecular complexity index is 627. The van der Waals surface area contributed by atoms with Gasteiger partial charge in [0, 0.05) is 6.26 Å². The lowest BCUT2D eigenvalue weighted by atomic mass is 10.1. The van der Waals surface area contributed by atoms with Gasteiger partial charge in [0.2, 0.25) is 5.91 Å². The first kappa shape index (κ1) is 14.5. The van der Waals surface area contributed by atoms with Gasteiger partial charge in [-0.1, -0.05) is 30.3 Å². The summed E-state index contributed by atoms with van der Waals surface area (Å²) in [5.74, 6) is -0.474. The third kappa shape index (κ3) is 2.82. The highest BCUT2D eigenvalue weighted by atomic mass is 32.2. The van der Waals surface area contributed by atoms with Crippen molar-refractivity contribution < 1.29 is 18.0 Å². The molecule has 0 saturated carbocycles. The second-order valence-electron chi connectivity index (χ2n) is 4.83. The van der Waals surface area contributed by atoms with Gasteiger partial charge >= 0.3 is 6.03 Å². The number of benzene rings is 1. The Kier molecular flexibility index (Phi) is 3.80. The summed E-state index contributed by atoms with van der Waals surface area (Å²) in [7, 11) is -3.45. The Labute approximate surface area is 117 Å². The SMILES string of the molecule is CC(NC(=O)N1C(=O)CC1S(C)(=O)=O)c1ccccc1. The topological polar surface area (TPSA) is 83.6 Å². The molecule has 1 aliphatic heterocycles. The molecule has 2 rings (SSSR count). The molecule has 1 fully saturated rings. The molecule has 1 aromatic carbocycles. The van der Waals surface area contributed by atoms with Crippen molar-refractivity contribution in [3.05, 3.63) is 35.9 Å². The minimum absolute atomic E-state index is 0.133. The van der Waals surface area contributed by atoms with Gasteiger partial charge in [0.1, 0.15) is 0 Å². The van der Waals surface area contributed by atoms with E-state index in [4.69, 9.17) is 0 Å². The number of nitrogens with one attached hydrogen (secondary N) is 1. The average molecular weight is 296 g/mol. The second kappa shape index (κ2) is 5.24. The lowest BCUT2D eigenvalue weighted by Crippen LogP contribution is -2.61. The van der Waals surface area contributed by atoms with Gasteiger partial charge in [0.05, 0.1) is 12.5 Å². The number of hydrogen-bond acceptors (Lipinski definition) is 4. The highest BCUT2D eigenvalue weighted by Gasteiger charge is 2.47. The predicted octanol–water partition coefficient (Wildman–Crippen LogP) is 1.06. The van der Waals surface area contributed by atoms with Crippen LogP contribution < -0.4 is 5.32 Å². The number of hydrogen-bond donors (Lipinski definition) is 1. The quantitative estimate of drug-likeness (QED) is 0.845. The number of sulfone groups is 1. The summed E-state index contributed by atoms with van der Waals surface area (Å²) >= 11 is 0. The number of amides is 3. The monoisotopic (exact) mass is 296 g/mol. The summed E-state index contributed by atoms with van der Waals surface area (Å²) in [5.41, 5.74) is 0.879. The fourth-order valence-electron chi connectivity index (χ4n) is 2.05. The number of carbonyl (C=O) groups excluding carboxylic acids is 2. The summed E-state index contributed by atoms with van der Waals surface area (Å²) in [4.78, 5) is 24.2. The molecule has 0 radical (unpaired) electrons. The van der Waals surface area contributed by atoms with E-state index in [2.05, 4.69) is 5.32 Å². The van der Waals surface area contributed by atoms with Crippen molar-refractivity contribution in [1.82, 2.24) is 10.2 Å². The second-order valence-corrected chi connectivity index (χ2v) is 7.04. The molecule has 2 unspecified atom stereocenters. The van der Waals surface area contributed by atoms with Crippen molar-refractivity contribution >= 4 is 21.8 Å². The molecular formula is C13H16N2O4S. The first-order chi connectivity index (χ1) is 9.30. The van der Waals surface area contributed by atoms with Crippen LogP contribution in [0, 0.1) is 0 Å². The first-order valence-corrected chi connectivity index (χ1v) is 8.12. The maximum atomic E-state index is 12.0. The number of rotatable bonds is 3. The van der Waals surface area contributed by atoms with Crippen LogP contribution in [-0.2, 0) is 14.6 Å². The van der Waals surface area contributed by atoms with E-state index >= 15 is 0 Å². The number of β-lactam (4-membered cyclic amide) rings is 1. The van der Waals surface area contributed by atoms with Gasteiger partial charge in [-0.2, -0.15) is 0 Å². The van der Waals surface area contributed by atoms with Gasteiger partial charge in [0.15, 0.2) is 15.2 Å². The highest BCUT2D eigenvalue weighted by Crippen LogP contribution is 2.24. The van der Waals surface area contributed by atoms with Crippen LogP contribution in [0.25, 0.3) is 0 Å². The molecule has 1 heterocycles. The Morgan fingerprint density at radius 3 is 2.45 bits per heavy atom. The molecule has 2 atom stereocenters. The molecule has 108 valence electrons. The summed E-state index contributed by atoms with van der Waals surface area (Å²) in [6.45, 7) is 1.77. The third-order valence-corrected chi connectivity index (χ3v) is 4.62. The predicted molar refractivity (Wildman–Crippen MR) is 73.5 cm³/mol. The van der Waals surface area contributed by atoms with Crippen LogP contribution in [0.15, 0.2) is 30.3 Å². The molecule has 3 amide bonds. The summed E-state index contributed by atoms with van der Waals surface area (Å²) in [6, 6.07) is 8.24. The van der Waals surface area contributed by atoms with Crippen molar-refractivity contribution in [3.63, 3.8) is 0 Å². The standard InChI is InChI=1S/C13H16N2O4S/c1-9(10-6-4-3-5-7-10)14-13(17)15-11(16)8-12(15)20(2,18)19/h3-7,9,12H,8H2,1-2H3,(H,14,17). The molecule has 0 spiro atoms. The Morgan fingerprint density at radius 2 is 1.95 bits per heavy atom. The van der Waals surface area contributed by atoms with Crippen molar-refractivity contribution in [1.29, 1.82) is 0 Å². The molecular weight excluding hydrogens is 280 g/mol. The number of carbonyl (C=O) groups is 2.